The van der Waals surface area contributed by atoms with Crippen LogP contribution in [0.5, 0.6) is 0 Å². The molecule has 6 nitrogen and oxygen atoms in total. The van der Waals surface area contributed by atoms with Crippen LogP contribution in [0.1, 0.15) is 35.0 Å². The molecule has 28 heavy (non-hydrogen) atoms. The van der Waals surface area contributed by atoms with Crippen LogP contribution in [0.25, 0.3) is 10.9 Å². The number of piperidine rings is 1. The molecule has 8 heteroatoms. The molecule has 2 atom stereocenters. The number of carbonyl (C=O) groups is 2. The summed E-state index contributed by atoms with van der Waals surface area (Å²) in [6.45, 7) is 5.35. The second kappa shape index (κ2) is 7.50. The van der Waals surface area contributed by atoms with E-state index >= 15 is 4.39 Å². The molecule has 1 aliphatic rings. The third-order valence-electron chi connectivity index (χ3n) is 5.06. The highest BCUT2D eigenvalue weighted by molar-refractivity contribution is 6.10. The van der Waals surface area contributed by atoms with Gasteiger partial charge in [0.15, 0.2) is 0 Å². The van der Waals surface area contributed by atoms with Gasteiger partial charge >= 0.3 is 0 Å². The fourth-order valence-electron chi connectivity index (χ4n) is 3.77. The van der Waals surface area contributed by atoms with Gasteiger partial charge in [0, 0.05) is 30.6 Å². The van der Waals surface area contributed by atoms with Gasteiger partial charge in [-0.2, -0.15) is 0 Å². The van der Waals surface area contributed by atoms with Crippen molar-refractivity contribution >= 4 is 28.4 Å². The second-order valence-corrected chi connectivity index (χ2v) is 7.03. The van der Waals surface area contributed by atoms with E-state index < -0.39 is 29.8 Å². The van der Waals surface area contributed by atoms with Gasteiger partial charge in [-0.1, -0.05) is 5.92 Å². The van der Waals surface area contributed by atoms with Crippen LogP contribution in [0.15, 0.2) is 6.07 Å². The largest absolute Gasteiger partial charge is 0.366 e. The summed E-state index contributed by atoms with van der Waals surface area (Å²) in [5, 5.41) is 3.17. The molecule has 0 bridgehead atoms. The van der Waals surface area contributed by atoms with Crippen LogP contribution in [-0.2, 0) is 4.79 Å². The molecule has 2 amide bonds. The van der Waals surface area contributed by atoms with E-state index in [9.17, 15) is 14.0 Å². The van der Waals surface area contributed by atoms with E-state index in [-0.39, 0.29) is 30.8 Å². The number of hydrogen-bond acceptors (Lipinski definition) is 3. The van der Waals surface area contributed by atoms with Crippen LogP contribution in [0.3, 0.4) is 0 Å². The predicted molar refractivity (Wildman–Crippen MR) is 103 cm³/mol. The van der Waals surface area contributed by atoms with Crippen molar-refractivity contribution in [2.75, 3.05) is 18.0 Å². The third-order valence-corrected chi connectivity index (χ3v) is 5.06. The number of benzene rings is 1. The first-order valence-corrected chi connectivity index (χ1v) is 8.96. The number of hydrogen-bond donors (Lipinski definition) is 3. The summed E-state index contributed by atoms with van der Waals surface area (Å²) in [7, 11) is 0. The number of rotatable bonds is 3. The van der Waals surface area contributed by atoms with E-state index in [0.29, 0.717) is 10.9 Å². The molecule has 0 radical (unpaired) electrons. The fourth-order valence-corrected chi connectivity index (χ4v) is 3.77. The van der Waals surface area contributed by atoms with Gasteiger partial charge in [-0.15, -0.1) is 0 Å². The number of alkyl halides is 1. The minimum atomic E-state index is -1.25. The Morgan fingerprint density at radius 3 is 2.71 bits per heavy atom. The van der Waals surface area contributed by atoms with E-state index in [1.54, 1.807) is 11.8 Å². The summed E-state index contributed by atoms with van der Waals surface area (Å²) in [6.07, 6.45) is -1.12. The normalized spacial score (nSPS) is 19.2. The van der Waals surface area contributed by atoms with Gasteiger partial charge in [0.1, 0.15) is 12.0 Å². The number of nitrogens with zero attached hydrogens (tertiary/aromatic N) is 1. The lowest BCUT2D eigenvalue weighted by Gasteiger charge is -2.37. The first-order chi connectivity index (χ1) is 13.2. The topological polar surface area (TPSA) is 91.2 Å². The number of H-pyrrole nitrogens is 1. The van der Waals surface area contributed by atoms with Crippen molar-refractivity contribution in [1.82, 2.24) is 10.3 Å². The number of amides is 2. The third kappa shape index (κ3) is 3.52. The van der Waals surface area contributed by atoms with Gasteiger partial charge in [0.2, 0.25) is 0 Å². The number of primary amides is 1. The van der Waals surface area contributed by atoms with Gasteiger partial charge in [-0.05, 0) is 38.3 Å². The van der Waals surface area contributed by atoms with Crippen LogP contribution >= 0.6 is 0 Å². The maximum absolute atomic E-state index is 15.1. The van der Waals surface area contributed by atoms with E-state index in [4.69, 9.17) is 5.73 Å². The van der Waals surface area contributed by atoms with Crippen LogP contribution in [-0.4, -0.2) is 42.1 Å². The smallest absolute Gasteiger partial charge is 0.296 e. The Kier molecular flexibility index (Phi) is 5.27. The molecule has 1 aromatic carbocycles. The summed E-state index contributed by atoms with van der Waals surface area (Å²) in [5.74, 6) is 2.96. The summed E-state index contributed by atoms with van der Waals surface area (Å²) >= 11 is 0. The summed E-state index contributed by atoms with van der Waals surface area (Å²) in [6, 6.07) is 0.565. The van der Waals surface area contributed by atoms with Crippen molar-refractivity contribution in [3.05, 3.63) is 28.7 Å². The van der Waals surface area contributed by atoms with E-state index in [0.717, 1.165) is 17.3 Å². The van der Waals surface area contributed by atoms with Crippen molar-refractivity contribution in [1.29, 1.82) is 0 Å². The number of aromatic nitrogens is 1. The van der Waals surface area contributed by atoms with Gasteiger partial charge in [-0.3, -0.25) is 9.59 Å². The zero-order valence-electron chi connectivity index (χ0n) is 16.0. The molecular formula is C20H22F2N4O2. The van der Waals surface area contributed by atoms with Gasteiger partial charge in [0.25, 0.3) is 11.8 Å². The van der Waals surface area contributed by atoms with Crippen molar-refractivity contribution in [2.45, 2.75) is 39.4 Å². The van der Waals surface area contributed by atoms with E-state index in [1.165, 1.54) is 6.92 Å². The van der Waals surface area contributed by atoms with Crippen molar-refractivity contribution in [3.63, 3.8) is 0 Å². The lowest BCUT2D eigenvalue weighted by Crippen LogP contribution is -2.51. The lowest BCUT2D eigenvalue weighted by atomic mass is 9.99. The van der Waals surface area contributed by atoms with E-state index in [1.807, 2.05) is 6.92 Å². The molecule has 1 saturated heterocycles. The number of nitrogens with one attached hydrogen (secondary N) is 2. The number of halogens is 2. The minimum absolute atomic E-state index is 0.0164. The molecule has 2 heterocycles. The molecule has 1 fully saturated rings. The second-order valence-electron chi connectivity index (χ2n) is 7.03. The lowest BCUT2D eigenvalue weighted by molar-refractivity contribution is -0.116. The Balaban J connectivity index is 2.08. The zero-order valence-corrected chi connectivity index (χ0v) is 16.0. The average Bonchev–Trinajstić information content (AvgIpc) is 2.89. The maximum Gasteiger partial charge on any atom is 0.296 e. The monoisotopic (exact) mass is 388 g/mol. The molecule has 0 aliphatic carbocycles. The molecule has 3 rings (SSSR count). The number of carbonyl (C=O) groups excluding carboxylic acids is 2. The summed E-state index contributed by atoms with van der Waals surface area (Å²) < 4.78 is 29.5. The van der Waals surface area contributed by atoms with Crippen molar-refractivity contribution in [3.8, 4) is 11.8 Å². The molecule has 4 N–H and O–H groups in total. The maximum atomic E-state index is 15.1. The highest BCUT2D eigenvalue weighted by Crippen LogP contribution is 2.37. The van der Waals surface area contributed by atoms with Crippen LogP contribution in [0.4, 0.5) is 14.5 Å². The van der Waals surface area contributed by atoms with Crippen LogP contribution in [0.2, 0.25) is 0 Å². The van der Waals surface area contributed by atoms with Gasteiger partial charge < -0.3 is 20.9 Å². The molecule has 1 aliphatic heterocycles. The number of fused-ring (bicyclic) bond motifs is 1. The van der Waals surface area contributed by atoms with Crippen molar-refractivity contribution < 1.29 is 18.4 Å². The van der Waals surface area contributed by atoms with Crippen LogP contribution < -0.4 is 16.0 Å². The minimum Gasteiger partial charge on any atom is -0.366 e. The molecular weight excluding hydrogens is 366 g/mol. The van der Waals surface area contributed by atoms with Crippen molar-refractivity contribution in [2.24, 2.45) is 5.73 Å². The molecule has 0 saturated carbocycles. The Hall–Kier alpha value is -3.08. The van der Waals surface area contributed by atoms with Gasteiger partial charge in [0.05, 0.1) is 22.8 Å². The Labute approximate surface area is 161 Å². The first-order valence-electron chi connectivity index (χ1n) is 8.96. The zero-order chi connectivity index (χ0) is 20.6. The highest BCUT2D eigenvalue weighted by atomic mass is 19.1. The molecule has 0 spiro atoms. The highest BCUT2D eigenvalue weighted by Gasteiger charge is 2.32. The summed E-state index contributed by atoms with van der Waals surface area (Å²) in [4.78, 5) is 28.2. The number of anilines is 1. The Bertz CT molecular complexity index is 1020. The Morgan fingerprint density at radius 2 is 2.07 bits per heavy atom. The predicted octanol–water partition coefficient (Wildman–Crippen LogP) is 2.08. The standard InChI is InChI=1S/C20H22F2N4O2/c1-4-5-16(27)25-13-6-12(21)8-26(9-13)19-15(22)7-14(20(23)28)18-17(19)10(2)11(3)24-18/h7,12-13,24H,6,8-9H2,1-3H3,(H2,23,28)(H,25,27)/t12-,13-/m0/s1. The first kappa shape index (κ1) is 19.7. The number of aromatic amines is 1. The fraction of sp³-hybridized carbons (Fsp3) is 0.400. The molecule has 2 aromatic rings. The number of aryl methyl sites for hydroxylation is 2. The van der Waals surface area contributed by atoms with Gasteiger partial charge in [-0.25, -0.2) is 8.78 Å². The van der Waals surface area contributed by atoms with E-state index in [2.05, 4.69) is 22.1 Å². The molecule has 1 aromatic heterocycles. The quantitative estimate of drug-likeness (QED) is 0.703. The average molecular weight is 388 g/mol. The summed E-state index contributed by atoms with van der Waals surface area (Å²) in [5.41, 5.74) is 7.60. The number of nitrogens with two attached hydrogens (primary N) is 1. The van der Waals surface area contributed by atoms with Crippen LogP contribution in [0, 0.1) is 31.5 Å². The Morgan fingerprint density at radius 1 is 1.36 bits per heavy atom. The SMILES string of the molecule is CC#CC(=O)N[C@H]1C[C@H](F)CN(c2c(F)cc(C(N)=O)c3[nH]c(C)c(C)c23)C1. The molecule has 0 unspecified atom stereocenters. The molecule has 148 valence electrons.